The number of hydrogen-bond acceptors (Lipinski definition) is 10. The smallest absolute Gasteiger partial charge is 0.437 e. The van der Waals surface area contributed by atoms with E-state index in [1.807, 2.05) is 24.3 Å². The fourth-order valence-electron chi connectivity index (χ4n) is 4.79. The summed E-state index contributed by atoms with van der Waals surface area (Å²) in [5.74, 6) is 11.9. The van der Waals surface area contributed by atoms with Crippen molar-refractivity contribution < 1.29 is 38.1 Å². The van der Waals surface area contributed by atoms with Crippen LogP contribution in [0.3, 0.4) is 0 Å². The highest BCUT2D eigenvalue weighted by atomic mass is 16.6. The number of carbonyl (C=O) groups excluding carboxylic acids is 4. The summed E-state index contributed by atoms with van der Waals surface area (Å²) < 4.78 is 22.3. The van der Waals surface area contributed by atoms with Gasteiger partial charge >= 0.3 is 24.4 Å². The summed E-state index contributed by atoms with van der Waals surface area (Å²) in [6, 6.07) is 14.1. The maximum atomic E-state index is 14.0. The van der Waals surface area contributed by atoms with Gasteiger partial charge in [0.1, 0.15) is 28.2 Å². The van der Waals surface area contributed by atoms with Crippen LogP contribution in [-0.2, 0) is 18.9 Å². The Morgan fingerprint density at radius 3 is 1.35 bits per heavy atom. The lowest BCUT2D eigenvalue weighted by Gasteiger charge is -2.34. The molecular weight excluding hydrogens is 765 g/mol. The zero-order valence-electron chi connectivity index (χ0n) is 37.5. The molecular formula is C46H62N6O8. The Bertz CT molecular complexity index is 2010. The van der Waals surface area contributed by atoms with Crippen LogP contribution in [-0.4, -0.2) is 87.2 Å². The molecule has 0 unspecified atom stereocenters. The third-order valence-corrected chi connectivity index (χ3v) is 7.25. The van der Waals surface area contributed by atoms with E-state index in [4.69, 9.17) is 29.8 Å². The molecule has 0 saturated carbocycles. The van der Waals surface area contributed by atoms with E-state index in [0.29, 0.717) is 36.1 Å². The molecule has 0 bridgehead atoms. The quantitative estimate of drug-likeness (QED) is 0.0772. The van der Waals surface area contributed by atoms with E-state index < -0.39 is 46.8 Å². The normalized spacial score (nSPS) is 11.7. The van der Waals surface area contributed by atoms with E-state index in [1.165, 1.54) is 0 Å². The van der Waals surface area contributed by atoms with Gasteiger partial charge in [-0.2, -0.15) is 0 Å². The lowest BCUT2D eigenvalue weighted by molar-refractivity contribution is 0.0273. The maximum Gasteiger partial charge on any atom is 0.437 e. The number of unbranched alkanes of at least 4 members (excludes halogenated alkanes) is 2. The Morgan fingerprint density at radius 2 is 0.983 bits per heavy atom. The summed E-state index contributed by atoms with van der Waals surface area (Å²) in [6.45, 7) is 22.0. The Morgan fingerprint density at radius 1 is 0.600 bits per heavy atom. The van der Waals surface area contributed by atoms with Crippen LogP contribution in [0, 0.1) is 34.5 Å². The second-order valence-electron chi connectivity index (χ2n) is 17.7. The summed E-state index contributed by atoms with van der Waals surface area (Å²) >= 11 is 0. The molecule has 2 aromatic carbocycles. The van der Waals surface area contributed by atoms with Crippen LogP contribution in [0.4, 0.5) is 19.2 Å². The molecule has 324 valence electrons. The minimum absolute atomic E-state index is 0.0307. The zero-order chi connectivity index (χ0) is 45.5. The molecule has 0 saturated heterocycles. The number of alkyl carbamates (subject to hydrolysis) is 1. The summed E-state index contributed by atoms with van der Waals surface area (Å²) in [6.07, 6.45) is -2.22. The van der Waals surface area contributed by atoms with E-state index in [0.717, 1.165) is 20.9 Å². The number of rotatable bonds is 8. The minimum Gasteiger partial charge on any atom is -0.444 e. The SMILES string of the molecule is CC(=N)c1ccc(C#CCCCN(C(=O)OC(C)(C)C)/C(=N\C(=O)OC(C)(C)C)N(CCCC#Cc2ccc(C(=N)NC(=O)OC(C)(C)C)cc2)C(=O)OC(C)(C)C)cc1. The highest BCUT2D eigenvalue weighted by Gasteiger charge is 2.35. The van der Waals surface area contributed by atoms with Gasteiger partial charge in [0.2, 0.25) is 5.96 Å². The van der Waals surface area contributed by atoms with E-state index >= 15 is 0 Å². The van der Waals surface area contributed by atoms with Crippen LogP contribution >= 0.6 is 0 Å². The second kappa shape index (κ2) is 21.7. The van der Waals surface area contributed by atoms with E-state index in [2.05, 4.69) is 34.0 Å². The molecule has 0 fully saturated rings. The number of nitrogens with zero attached hydrogens (tertiary/aromatic N) is 3. The first-order valence-electron chi connectivity index (χ1n) is 19.8. The predicted molar refractivity (Wildman–Crippen MR) is 233 cm³/mol. The molecule has 0 spiro atoms. The first-order valence-corrected chi connectivity index (χ1v) is 19.8. The Balaban J connectivity index is 2.44. The van der Waals surface area contributed by atoms with Crippen molar-refractivity contribution in [1.29, 1.82) is 10.8 Å². The lowest BCUT2D eigenvalue weighted by atomic mass is 10.1. The van der Waals surface area contributed by atoms with Crippen LogP contribution in [0.15, 0.2) is 53.5 Å². The van der Waals surface area contributed by atoms with Crippen molar-refractivity contribution in [2.75, 3.05) is 13.1 Å². The van der Waals surface area contributed by atoms with Gasteiger partial charge in [-0.15, -0.1) is 4.99 Å². The minimum atomic E-state index is -1.03. The van der Waals surface area contributed by atoms with Crippen LogP contribution in [0.2, 0.25) is 0 Å². The van der Waals surface area contributed by atoms with Gasteiger partial charge in [0.15, 0.2) is 0 Å². The first-order chi connectivity index (χ1) is 27.6. The molecule has 0 atom stereocenters. The lowest BCUT2D eigenvalue weighted by Crippen LogP contribution is -2.53. The number of ether oxygens (including phenoxy) is 4. The topological polar surface area (TPSA) is 184 Å². The molecule has 60 heavy (non-hydrogen) atoms. The molecule has 0 aliphatic heterocycles. The molecule has 14 nitrogen and oxygen atoms in total. The van der Waals surface area contributed by atoms with Crippen LogP contribution in [0.5, 0.6) is 0 Å². The number of hydrogen-bond donors (Lipinski definition) is 3. The van der Waals surface area contributed by atoms with Crippen LogP contribution in [0.1, 0.15) is 138 Å². The fourth-order valence-corrected chi connectivity index (χ4v) is 4.79. The van der Waals surface area contributed by atoms with E-state index in [1.54, 1.807) is 114 Å². The summed E-state index contributed by atoms with van der Waals surface area (Å²) in [5.41, 5.74) is -0.400. The third kappa shape index (κ3) is 20.0. The average Bonchev–Trinajstić information content (AvgIpc) is 3.08. The Labute approximate surface area is 355 Å². The molecule has 0 aliphatic carbocycles. The highest BCUT2D eigenvalue weighted by Crippen LogP contribution is 2.19. The predicted octanol–water partition coefficient (Wildman–Crippen LogP) is 9.65. The third-order valence-electron chi connectivity index (χ3n) is 7.25. The average molecular weight is 827 g/mol. The molecule has 0 aliphatic rings. The summed E-state index contributed by atoms with van der Waals surface area (Å²) in [7, 11) is 0. The standard InChI is InChI=1S/C46H62N6O8/c1-32(47)35-26-22-33(23-27-35)20-16-14-18-30-51(41(55)59-45(8,9)10)38(50-40(54)58-44(5,6)7)52(42(56)60-46(11,12)13)31-19-15-17-21-34-24-28-36(29-25-34)37(48)49-39(53)57-43(2,3)4/h22-29,47H,14-15,18-19,30-31H2,1-13H3,(H2,48,49,53)/b47-32?,50-38+. The van der Waals surface area contributed by atoms with Crippen molar-refractivity contribution in [2.24, 2.45) is 4.99 Å². The Kier molecular flexibility index (Phi) is 18.1. The van der Waals surface area contributed by atoms with Gasteiger partial charge in [0.25, 0.3) is 0 Å². The number of amides is 4. The molecule has 14 heteroatoms. The van der Waals surface area contributed by atoms with Gasteiger partial charge < -0.3 is 24.4 Å². The van der Waals surface area contributed by atoms with Crippen molar-refractivity contribution in [3.8, 4) is 23.7 Å². The molecule has 4 amide bonds. The van der Waals surface area contributed by atoms with Crippen molar-refractivity contribution in [3.05, 3.63) is 70.8 Å². The van der Waals surface area contributed by atoms with Crippen LogP contribution in [0.25, 0.3) is 0 Å². The van der Waals surface area contributed by atoms with Crippen molar-refractivity contribution in [1.82, 2.24) is 15.1 Å². The molecule has 0 aromatic heterocycles. The number of benzene rings is 2. The number of amidine groups is 1. The maximum absolute atomic E-state index is 14.0. The molecule has 2 aromatic rings. The molecule has 3 N–H and O–H groups in total. The molecule has 2 rings (SSSR count). The molecule has 0 radical (unpaired) electrons. The van der Waals surface area contributed by atoms with Crippen molar-refractivity contribution >= 4 is 41.9 Å². The molecule has 0 heterocycles. The van der Waals surface area contributed by atoms with Gasteiger partial charge in [-0.25, -0.2) is 29.0 Å². The number of nitrogens with one attached hydrogen (secondary N) is 3. The number of aliphatic imine (C=N–C) groups is 1. The summed E-state index contributed by atoms with van der Waals surface area (Å²) in [4.78, 5) is 59.8. The van der Waals surface area contributed by atoms with Crippen molar-refractivity contribution in [2.45, 2.75) is 138 Å². The Hall–Kier alpha value is -6.15. The summed E-state index contributed by atoms with van der Waals surface area (Å²) in [5, 5.41) is 18.4. The van der Waals surface area contributed by atoms with Gasteiger partial charge in [-0.1, -0.05) is 47.9 Å². The first kappa shape index (κ1) is 50.0. The van der Waals surface area contributed by atoms with Crippen LogP contribution < -0.4 is 5.32 Å². The zero-order valence-corrected chi connectivity index (χ0v) is 37.5. The second-order valence-corrected chi connectivity index (χ2v) is 17.7. The van der Waals surface area contributed by atoms with Gasteiger partial charge in [0.05, 0.1) is 0 Å². The van der Waals surface area contributed by atoms with Gasteiger partial charge in [0, 0.05) is 48.3 Å². The fraction of sp³-hybridized carbons (Fsp3) is 0.500. The van der Waals surface area contributed by atoms with Crippen molar-refractivity contribution in [3.63, 3.8) is 0 Å². The van der Waals surface area contributed by atoms with Gasteiger partial charge in [-0.05, 0) is 133 Å². The van der Waals surface area contributed by atoms with Gasteiger partial charge in [-0.3, -0.25) is 10.7 Å². The van der Waals surface area contributed by atoms with E-state index in [-0.39, 0.29) is 31.3 Å². The number of carbonyl (C=O) groups is 4. The van der Waals surface area contributed by atoms with E-state index in [9.17, 15) is 19.2 Å². The highest BCUT2D eigenvalue weighted by molar-refractivity contribution is 6.05. The number of guanidine groups is 1. The largest absolute Gasteiger partial charge is 0.444 e. The monoisotopic (exact) mass is 826 g/mol.